The number of hydrogen-bond acceptors (Lipinski definition) is 4. The first-order valence-electron chi connectivity index (χ1n) is 9.77. The van der Waals surface area contributed by atoms with E-state index in [4.69, 9.17) is 0 Å². The standard InChI is InChI=1S/C23H22N2O5/c26-19-10-11-25(14-23(19,22(29)30)13-15-6-2-1-3-7-15)21(28)17-12-20(27)24-18-9-5-4-8-16(17)18/h1-9,12,19,26H,10-11,13-14H2,(H,24,27)(H,29,30)/t19-,23-/m1/s1. The van der Waals surface area contributed by atoms with E-state index in [-0.39, 0.29) is 31.5 Å². The maximum absolute atomic E-state index is 13.3. The van der Waals surface area contributed by atoms with Gasteiger partial charge in [-0.3, -0.25) is 14.4 Å². The van der Waals surface area contributed by atoms with Crippen LogP contribution in [0.1, 0.15) is 22.3 Å². The first kappa shape index (κ1) is 19.8. The minimum Gasteiger partial charge on any atom is -0.481 e. The van der Waals surface area contributed by atoms with Gasteiger partial charge in [-0.15, -0.1) is 0 Å². The molecule has 1 aliphatic heterocycles. The molecule has 0 radical (unpaired) electrons. The second kappa shape index (κ2) is 7.76. The third-order valence-corrected chi connectivity index (χ3v) is 5.84. The number of para-hydroxylation sites is 1. The molecule has 0 saturated carbocycles. The zero-order valence-corrected chi connectivity index (χ0v) is 16.2. The van der Waals surface area contributed by atoms with Gasteiger partial charge in [-0.1, -0.05) is 48.5 Å². The number of amides is 1. The van der Waals surface area contributed by atoms with Crippen molar-refractivity contribution in [2.75, 3.05) is 13.1 Å². The van der Waals surface area contributed by atoms with Crippen LogP contribution in [0.25, 0.3) is 10.9 Å². The molecular formula is C23H22N2O5. The van der Waals surface area contributed by atoms with E-state index < -0.39 is 29.0 Å². The number of aliphatic hydroxyl groups excluding tert-OH is 1. The van der Waals surface area contributed by atoms with E-state index in [1.165, 1.54) is 11.0 Å². The number of carbonyl (C=O) groups is 2. The maximum Gasteiger partial charge on any atom is 0.314 e. The van der Waals surface area contributed by atoms with E-state index in [9.17, 15) is 24.6 Å². The number of rotatable bonds is 4. The molecular weight excluding hydrogens is 384 g/mol. The topological polar surface area (TPSA) is 111 Å². The number of piperidine rings is 1. The molecule has 3 aromatic rings. The fourth-order valence-electron chi connectivity index (χ4n) is 4.22. The molecule has 2 atom stereocenters. The van der Waals surface area contributed by atoms with E-state index in [1.807, 2.05) is 30.3 Å². The zero-order valence-electron chi connectivity index (χ0n) is 16.2. The highest BCUT2D eigenvalue weighted by Crippen LogP contribution is 2.35. The van der Waals surface area contributed by atoms with Gasteiger partial charge in [0.2, 0.25) is 5.56 Å². The summed E-state index contributed by atoms with van der Waals surface area (Å²) in [6, 6.07) is 17.3. The van der Waals surface area contributed by atoms with Crippen LogP contribution in [0.2, 0.25) is 0 Å². The number of fused-ring (bicyclic) bond motifs is 1. The molecule has 1 amide bonds. The molecule has 0 bridgehead atoms. The Morgan fingerprint density at radius 2 is 1.80 bits per heavy atom. The van der Waals surface area contributed by atoms with Gasteiger partial charge in [-0.25, -0.2) is 0 Å². The lowest BCUT2D eigenvalue weighted by Gasteiger charge is -2.43. The van der Waals surface area contributed by atoms with Crippen molar-refractivity contribution in [3.8, 4) is 0 Å². The van der Waals surface area contributed by atoms with Gasteiger partial charge < -0.3 is 20.1 Å². The first-order chi connectivity index (χ1) is 14.4. The Balaban J connectivity index is 1.71. The summed E-state index contributed by atoms with van der Waals surface area (Å²) < 4.78 is 0. The molecule has 2 heterocycles. The minimum absolute atomic E-state index is 0.101. The SMILES string of the molecule is O=C(c1cc(=O)[nH]c2ccccc12)N1CC[C@@H](O)[C@](Cc2ccccc2)(C(=O)O)C1. The first-order valence-corrected chi connectivity index (χ1v) is 9.77. The van der Waals surface area contributed by atoms with Gasteiger partial charge in [0, 0.05) is 30.1 Å². The molecule has 4 rings (SSSR count). The fraction of sp³-hybridized carbons (Fsp3) is 0.261. The van der Waals surface area contributed by atoms with Crippen molar-refractivity contribution >= 4 is 22.8 Å². The Labute approximate surface area is 172 Å². The lowest BCUT2D eigenvalue weighted by atomic mass is 9.72. The van der Waals surface area contributed by atoms with E-state index >= 15 is 0 Å². The average molecular weight is 406 g/mol. The predicted octanol–water partition coefficient (Wildman–Crippen LogP) is 2.05. The molecule has 1 saturated heterocycles. The number of H-pyrrole nitrogens is 1. The highest BCUT2D eigenvalue weighted by Gasteiger charge is 2.50. The summed E-state index contributed by atoms with van der Waals surface area (Å²) in [6.45, 7) is 0.0727. The number of benzene rings is 2. The average Bonchev–Trinajstić information content (AvgIpc) is 2.74. The molecule has 0 spiro atoms. The largest absolute Gasteiger partial charge is 0.481 e. The summed E-state index contributed by atoms with van der Waals surface area (Å²) in [4.78, 5) is 41.8. The monoisotopic (exact) mass is 406 g/mol. The zero-order chi connectivity index (χ0) is 21.3. The number of aromatic nitrogens is 1. The lowest BCUT2D eigenvalue weighted by molar-refractivity contribution is -0.161. The number of aliphatic carboxylic acids is 1. The Kier molecular flexibility index (Phi) is 5.13. The Hall–Kier alpha value is -3.45. The van der Waals surface area contributed by atoms with Gasteiger partial charge in [-0.2, -0.15) is 0 Å². The Morgan fingerprint density at radius 3 is 2.53 bits per heavy atom. The molecule has 3 N–H and O–H groups in total. The summed E-state index contributed by atoms with van der Waals surface area (Å²) in [6.07, 6.45) is -0.842. The van der Waals surface area contributed by atoms with Crippen LogP contribution in [-0.2, 0) is 11.2 Å². The molecule has 1 aromatic heterocycles. The number of nitrogens with one attached hydrogen (secondary N) is 1. The Morgan fingerprint density at radius 1 is 1.10 bits per heavy atom. The van der Waals surface area contributed by atoms with E-state index in [2.05, 4.69) is 4.98 Å². The van der Waals surface area contributed by atoms with Gasteiger partial charge in [0.05, 0.1) is 11.7 Å². The van der Waals surface area contributed by atoms with Crippen LogP contribution in [0.3, 0.4) is 0 Å². The van der Waals surface area contributed by atoms with Gasteiger partial charge >= 0.3 is 5.97 Å². The van der Waals surface area contributed by atoms with Crippen LogP contribution in [0.15, 0.2) is 65.5 Å². The normalized spacial score (nSPS) is 21.5. The highest BCUT2D eigenvalue weighted by atomic mass is 16.4. The minimum atomic E-state index is -1.52. The third-order valence-electron chi connectivity index (χ3n) is 5.84. The van der Waals surface area contributed by atoms with E-state index in [1.54, 1.807) is 24.3 Å². The number of nitrogens with zero attached hydrogens (tertiary/aromatic N) is 1. The lowest BCUT2D eigenvalue weighted by Crippen LogP contribution is -2.58. The summed E-state index contributed by atoms with van der Waals surface area (Å²) in [7, 11) is 0. The molecule has 7 nitrogen and oxygen atoms in total. The van der Waals surface area contributed by atoms with Crippen molar-refractivity contribution in [1.82, 2.24) is 9.88 Å². The van der Waals surface area contributed by atoms with Gasteiger partial charge in [0.25, 0.3) is 5.91 Å². The van der Waals surface area contributed by atoms with Crippen LogP contribution in [0, 0.1) is 5.41 Å². The van der Waals surface area contributed by atoms with E-state index in [0.29, 0.717) is 10.9 Å². The molecule has 7 heteroatoms. The van der Waals surface area contributed by atoms with Crippen molar-refractivity contribution in [2.24, 2.45) is 5.41 Å². The summed E-state index contributed by atoms with van der Waals surface area (Å²) in [5.74, 6) is -1.56. The number of likely N-dealkylation sites (tertiary alicyclic amines) is 1. The van der Waals surface area contributed by atoms with Crippen LogP contribution in [0.5, 0.6) is 0 Å². The van der Waals surface area contributed by atoms with Crippen LogP contribution < -0.4 is 5.56 Å². The number of aliphatic hydroxyl groups is 1. The molecule has 0 aliphatic carbocycles. The van der Waals surface area contributed by atoms with Gasteiger partial charge in [0.15, 0.2) is 0 Å². The molecule has 1 fully saturated rings. The van der Waals surface area contributed by atoms with E-state index in [0.717, 1.165) is 5.56 Å². The highest BCUT2D eigenvalue weighted by molar-refractivity contribution is 6.06. The van der Waals surface area contributed by atoms with Crippen molar-refractivity contribution in [3.63, 3.8) is 0 Å². The van der Waals surface area contributed by atoms with Gasteiger partial charge in [0.1, 0.15) is 5.41 Å². The predicted molar refractivity (Wildman–Crippen MR) is 111 cm³/mol. The summed E-state index contributed by atoms with van der Waals surface area (Å²) in [5.41, 5.74) is -0.381. The van der Waals surface area contributed by atoms with Crippen LogP contribution in [-0.4, -0.2) is 51.2 Å². The number of carbonyl (C=O) groups excluding carboxylic acids is 1. The fourth-order valence-corrected chi connectivity index (χ4v) is 4.22. The second-order valence-electron chi connectivity index (χ2n) is 7.75. The molecule has 0 unspecified atom stereocenters. The number of pyridine rings is 1. The number of hydrogen-bond donors (Lipinski definition) is 3. The molecule has 30 heavy (non-hydrogen) atoms. The molecule has 2 aromatic carbocycles. The Bertz CT molecular complexity index is 1160. The van der Waals surface area contributed by atoms with Crippen molar-refractivity contribution in [1.29, 1.82) is 0 Å². The molecule has 1 aliphatic rings. The maximum atomic E-state index is 13.3. The molecule has 154 valence electrons. The summed E-state index contributed by atoms with van der Waals surface area (Å²) >= 11 is 0. The van der Waals surface area contributed by atoms with Crippen LogP contribution in [0.4, 0.5) is 0 Å². The van der Waals surface area contributed by atoms with Gasteiger partial charge in [-0.05, 0) is 24.5 Å². The van der Waals surface area contributed by atoms with Crippen molar-refractivity contribution < 1.29 is 19.8 Å². The summed E-state index contributed by atoms with van der Waals surface area (Å²) in [5, 5.41) is 21.3. The number of carboxylic acids is 1. The number of carboxylic acid groups (broad SMARTS) is 1. The van der Waals surface area contributed by atoms with Crippen molar-refractivity contribution in [2.45, 2.75) is 18.9 Å². The number of aromatic amines is 1. The van der Waals surface area contributed by atoms with Crippen LogP contribution >= 0.6 is 0 Å². The third kappa shape index (κ3) is 3.48. The quantitative estimate of drug-likeness (QED) is 0.614. The smallest absolute Gasteiger partial charge is 0.314 e. The second-order valence-corrected chi connectivity index (χ2v) is 7.75. The van der Waals surface area contributed by atoms with Crippen molar-refractivity contribution in [3.05, 3.63) is 82.1 Å².